The van der Waals surface area contributed by atoms with Gasteiger partial charge in [-0.2, -0.15) is 0 Å². The molecule has 2 N–H and O–H groups in total. The summed E-state index contributed by atoms with van der Waals surface area (Å²) in [5.41, 5.74) is 12.7. The van der Waals surface area contributed by atoms with Crippen LogP contribution < -0.4 is 9.44 Å². The van der Waals surface area contributed by atoms with Crippen LogP contribution in [0.5, 0.6) is 0 Å². The third-order valence-corrected chi connectivity index (χ3v) is 12.3. The number of thiazole rings is 2. The molecule has 8 nitrogen and oxygen atoms in total. The van der Waals surface area contributed by atoms with E-state index in [-0.39, 0.29) is 0 Å². The van der Waals surface area contributed by atoms with Crippen molar-refractivity contribution in [2.24, 2.45) is 0 Å². The van der Waals surface area contributed by atoms with Crippen molar-refractivity contribution in [3.8, 4) is 0 Å². The summed E-state index contributed by atoms with van der Waals surface area (Å²) in [6.45, 7) is 4.08. The highest BCUT2D eigenvalue weighted by atomic mass is 32.2. The first kappa shape index (κ1) is 37.4. The van der Waals surface area contributed by atoms with Gasteiger partial charge in [0.15, 0.2) is 0 Å². The Labute approximate surface area is 325 Å². The highest BCUT2D eigenvalue weighted by Gasteiger charge is 2.23. The van der Waals surface area contributed by atoms with Gasteiger partial charge >= 0.3 is 0 Å². The maximum atomic E-state index is 11.5. The number of nitrogens with one attached hydrogen (secondary N) is 2. The highest BCUT2D eigenvalue weighted by molar-refractivity contribution is 7.92. The number of hydrogen-bond acceptors (Lipinski definition) is 8. The van der Waals surface area contributed by atoms with Crippen LogP contribution in [-0.2, 0) is 45.7 Å². The van der Waals surface area contributed by atoms with Gasteiger partial charge in [0.05, 0.1) is 43.7 Å². The third-order valence-electron chi connectivity index (χ3n) is 8.98. The summed E-state index contributed by atoms with van der Waals surface area (Å²) in [5, 5.41) is 2.13. The molecule has 0 aliphatic heterocycles. The van der Waals surface area contributed by atoms with E-state index in [9.17, 15) is 16.8 Å². The van der Waals surface area contributed by atoms with Crippen LogP contribution in [0.1, 0.15) is 64.5 Å². The fourth-order valence-electron chi connectivity index (χ4n) is 6.89. The molecule has 276 valence electrons. The van der Waals surface area contributed by atoms with Crippen LogP contribution in [-0.4, -0.2) is 39.3 Å². The number of sulfonamides is 2. The van der Waals surface area contributed by atoms with Gasteiger partial charge in [-0.15, -0.1) is 22.7 Å². The maximum absolute atomic E-state index is 11.5. The number of fused-ring (bicyclic) bond motifs is 4. The zero-order valence-electron chi connectivity index (χ0n) is 30.4. The van der Waals surface area contributed by atoms with Gasteiger partial charge in [0.2, 0.25) is 20.0 Å². The summed E-state index contributed by atoms with van der Waals surface area (Å²) in [6, 6.07) is 31.9. The fourth-order valence-corrected chi connectivity index (χ4v) is 9.99. The van der Waals surface area contributed by atoms with Crippen LogP contribution in [0.15, 0.2) is 97.1 Å². The van der Waals surface area contributed by atoms with Crippen LogP contribution in [0, 0.1) is 13.8 Å². The Balaban J connectivity index is 0.000000167. The van der Waals surface area contributed by atoms with Crippen molar-refractivity contribution < 1.29 is 16.8 Å². The molecule has 0 saturated carbocycles. The van der Waals surface area contributed by atoms with Gasteiger partial charge < -0.3 is 0 Å². The molecule has 2 aromatic heterocycles. The average Bonchev–Trinajstić information content (AvgIpc) is 3.60. The Morgan fingerprint density at radius 2 is 0.963 bits per heavy atom. The largest absolute Gasteiger partial charge is 0.284 e. The summed E-state index contributed by atoms with van der Waals surface area (Å²) in [6.07, 6.45) is 10.4. The number of anilines is 2. The first-order valence-corrected chi connectivity index (χ1v) is 22.9. The van der Waals surface area contributed by atoms with Gasteiger partial charge in [0.1, 0.15) is 0 Å². The van der Waals surface area contributed by atoms with Crippen molar-refractivity contribution in [1.82, 2.24) is 9.97 Å². The molecule has 2 aliphatic carbocycles. The number of rotatable bonds is 6. The van der Waals surface area contributed by atoms with Crippen LogP contribution >= 0.6 is 22.7 Å². The van der Waals surface area contributed by atoms with Gasteiger partial charge in [-0.3, -0.25) is 9.44 Å². The van der Waals surface area contributed by atoms with Gasteiger partial charge in [0.25, 0.3) is 0 Å². The van der Waals surface area contributed by atoms with E-state index in [1.54, 1.807) is 34.8 Å². The lowest BCUT2D eigenvalue weighted by atomic mass is 9.97. The van der Waals surface area contributed by atoms with E-state index in [1.807, 2.05) is 50.2 Å². The van der Waals surface area contributed by atoms with Gasteiger partial charge in [-0.05, 0) is 109 Å². The van der Waals surface area contributed by atoms with E-state index in [4.69, 9.17) is 9.97 Å². The molecule has 8 rings (SSSR count). The lowest BCUT2D eigenvalue weighted by Gasteiger charge is -2.10. The number of nitrogens with zero attached hydrogens (tertiary/aromatic N) is 2. The number of hydrogen-bond donors (Lipinski definition) is 2. The smallest absolute Gasteiger partial charge is 0.229 e. The number of benzene rings is 4. The number of aryl methyl sites for hydroxylation is 6. The molecule has 12 heteroatoms. The highest BCUT2D eigenvalue weighted by Crippen LogP contribution is 2.39. The van der Waals surface area contributed by atoms with Crippen LogP contribution in [0.25, 0.3) is 23.3 Å². The molecule has 4 aromatic carbocycles. The zero-order valence-corrected chi connectivity index (χ0v) is 33.6. The second-order valence-electron chi connectivity index (χ2n) is 13.4. The van der Waals surface area contributed by atoms with Crippen molar-refractivity contribution in [1.29, 1.82) is 0 Å². The molecule has 0 unspecified atom stereocenters. The molecule has 0 bridgehead atoms. The van der Waals surface area contributed by atoms with Crippen molar-refractivity contribution in [2.75, 3.05) is 22.0 Å². The second-order valence-corrected chi connectivity index (χ2v) is 19.4. The van der Waals surface area contributed by atoms with E-state index in [0.29, 0.717) is 11.4 Å². The molecular formula is C42H40N4O4S4. The summed E-state index contributed by atoms with van der Waals surface area (Å²) in [4.78, 5) is 11.9. The van der Waals surface area contributed by atoms with Crippen molar-refractivity contribution in [3.63, 3.8) is 0 Å². The van der Waals surface area contributed by atoms with Crippen LogP contribution in [0.4, 0.5) is 11.4 Å². The third kappa shape index (κ3) is 9.07. The second kappa shape index (κ2) is 15.5. The molecule has 0 amide bonds. The monoisotopic (exact) mass is 792 g/mol. The molecule has 6 aromatic rings. The fraction of sp³-hybridized carbons (Fsp3) is 0.190. The minimum atomic E-state index is -3.31. The molecule has 0 fully saturated rings. The first-order valence-electron chi connectivity index (χ1n) is 17.5. The lowest BCUT2D eigenvalue weighted by Crippen LogP contribution is -2.09. The van der Waals surface area contributed by atoms with Crippen molar-refractivity contribution in [3.05, 3.63) is 162 Å². The van der Waals surface area contributed by atoms with E-state index >= 15 is 0 Å². The van der Waals surface area contributed by atoms with Gasteiger partial charge in [0, 0.05) is 22.5 Å². The maximum Gasteiger partial charge on any atom is 0.229 e. The van der Waals surface area contributed by atoms with E-state index in [2.05, 4.69) is 70.1 Å². The molecule has 0 radical (unpaired) electrons. The molecule has 0 saturated heterocycles. The topological polar surface area (TPSA) is 118 Å². The minimum Gasteiger partial charge on any atom is -0.284 e. The predicted octanol–water partition coefficient (Wildman–Crippen LogP) is 9.02. The molecule has 2 heterocycles. The lowest BCUT2D eigenvalue weighted by molar-refractivity contribution is 0.605. The standard InChI is InChI=1S/2C21H20N2O2S2/c2*1-14-22-20-11-10-16-7-3-4-9-18(16)19(21(20)26-14)13-15-6-5-8-17(12-15)23-27(2,24)25/h2*3-9,12-13,23H,10-11H2,1-2H3/b19-13+;19-13-. The summed E-state index contributed by atoms with van der Waals surface area (Å²) in [5.74, 6) is 0. The van der Waals surface area contributed by atoms with Gasteiger partial charge in [-0.1, -0.05) is 72.8 Å². The Hall–Kier alpha value is -4.88. The molecule has 54 heavy (non-hydrogen) atoms. The SMILES string of the molecule is Cc1nc2c(s1)/C(=C/c1cccc(NS(C)(=O)=O)c1)c1ccccc1CC2.Cc1nc2c(s1)/C(=C\c1cccc(NS(C)(=O)=O)c1)c1ccccc1CC2. The Morgan fingerprint density at radius 1 is 0.556 bits per heavy atom. The van der Waals surface area contributed by atoms with Crippen LogP contribution in [0.2, 0.25) is 0 Å². The van der Waals surface area contributed by atoms with E-state index in [0.717, 1.165) is 81.9 Å². The summed E-state index contributed by atoms with van der Waals surface area (Å²) >= 11 is 3.44. The van der Waals surface area contributed by atoms with E-state index in [1.165, 1.54) is 32.0 Å². The normalized spacial score (nSPS) is 15.1. The predicted molar refractivity (Wildman–Crippen MR) is 225 cm³/mol. The molecule has 0 spiro atoms. The summed E-state index contributed by atoms with van der Waals surface area (Å²) in [7, 11) is -6.61. The molecule has 2 aliphatic rings. The van der Waals surface area contributed by atoms with Crippen LogP contribution in [0.3, 0.4) is 0 Å². The van der Waals surface area contributed by atoms with Crippen molar-refractivity contribution in [2.45, 2.75) is 39.5 Å². The van der Waals surface area contributed by atoms with Crippen molar-refractivity contribution >= 4 is 77.4 Å². The average molecular weight is 793 g/mol. The quantitative estimate of drug-likeness (QED) is 0.174. The van der Waals surface area contributed by atoms with E-state index < -0.39 is 20.0 Å². The number of aromatic nitrogens is 2. The Morgan fingerprint density at radius 3 is 1.37 bits per heavy atom. The summed E-state index contributed by atoms with van der Waals surface area (Å²) < 4.78 is 51.3. The van der Waals surface area contributed by atoms with Gasteiger partial charge in [-0.25, -0.2) is 26.8 Å². The zero-order chi connectivity index (χ0) is 38.0. The Kier molecular flexibility index (Phi) is 10.7. The first-order chi connectivity index (χ1) is 25.8. The molecular weight excluding hydrogens is 753 g/mol. The Bertz CT molecular complexity index is 2470. The minimum absolute atomic E-state index is 0.564. The molecule has 0 atom stereocenters.